The summed E-state index contributed by atoms with van der Waals surface area (Å²) in [5.41, 5.74) is 0. The van der Waals surface area contributed by atoms with Crippen molar-refractivity contribution < 1.29 is 18.7 Å². The molecule has 6 heteroatoms. The number of aryl methyl sites for hydroxylation is 1. The van der Waals surface area contributed by atoms with E-state index in [1.165, 1.54) is 0 Å². The number of hydrogen-bond acceptors (Lipinski definition) is 5. The van der Waals surface area contributed by atoms with E-state index in [1.807, 2.05) is 49.4 Å². The summed E-state index contributed by atoms with van der Waals surface area (Å²) in [5, 5.41) is 2.95. The van der Waals surface area contributed by atoms with Crippen molar-refractivity contribution in [2.75, 3.05) is 39.5 Å². The lowest BCUT2D eigenvalue weighted by Gasteiger charge is -2.33. The van der Waals surface area contributed by atoms with Crippen LogP contribution in [0.4, 0.5) is 0 Å². The lowest BCUT2D eigenvalue weighted by Crippen LogP contribution is -2.44. The van der Waals surface area contributed by atoms with E-state index >= 15 is 0 Å². The third kappa shape index (κ3) is 5.08. The first kappa shape index (κ1) is 17.5. The van der Waals surface area contributed by atoms with Crippen molar-refractivity contribution in [3.63, 3.8) is 0 Å². The maximum Gasteiger partial charge on any atom is 0.258 e. The minimum Gasteiger partial charge on any atom is -0.484 e. The largest absolute Gasteiger partial charge is 0.484 e. The second-order valence-electron chi connectivity index (χ2n) is 6.02. The monoisotopic (exact) mass is 344 g/mol. The first-order valence-corrected chi connectivity index (χ1v) is 8.55. The molecule has 1 aromatic heterocycles. The summed E-state index contributed by atoms with van der Waals surface area (Å²) in [6.45, 7) is 5.43. The van der Waals surface area contributed by atoms with Crippen molar-refractivity contribution in [3.05, 3.63) is 54.0 Å². The van der Waals surface area contributed by atoms with Crippen molar-refractivity contribution in [2.45, 2.75) is 13.0 Å². The molecule has 0 saturated carbocycles. The Labute approximate surface area is 147 Å². The number of carbonyl (C=O) groups is 1. The number of rotatable bonds is 7. The van der Waals surface area contributed by atoms with E-state index in [1.54, 1.807) is 0 Å². The SMILES string of the molecule is Cc1ccc(C(CNC(=O)COc2ccccc2)N2CCOCC2)o1. The molecule has 0 spiro atoms. The fraction of sp³-hybridized carbons (Fsp3) is 0.421. The van der Waals surface area contributed by atoms with Gasteiger partial charge in [-0.2, -0.15) is 0 Å². The molecule has 1 unspecified atom stereocenters. The molecule has 2 heterocycles. The van der Waals surface area contributed by atoms with E-state index in [0.29, 0.717) is 25.5 Å². The smallest absolute Gasteiger partial charge is 0.258 e. The summed E-state index contributed by atoms with van der Waals surface area (Å²) >= 11 is 0. The highest BCUT2D eigenvalue weighted by Crippen LogP contribution is 2.23. The number of benzene rings is 1. The van der Waals surface area contributed by atoms with Crippen LogP contribution in [0, 0.1) is 6.92 Å². The second kappa shape index (κ2) is 8.69. The summed E-state index contributed by atoms with van der Waals surface area (Å²) < 4.78 is 16.7. The van der Waals surface area contributed by atoms with Gasteiger partial charge in [-0.25, -0.2) is 0 Å². The first-order valence-electron chi connectivity index (χ1n) is 8.55. The van der Waals surface area contributed by atoms with Crippen LogP contribution in [0.25, 0.3) is 0 Å². The minimum atomic E-state index is -0.148. The highest BCUT2D eigenvalue weighted by molar-refractivity contribution is 5.77. The van der Waals surface area contributed by atoms with Crippen molar-refractivity contribution in [1.29, 1.82) is 0 Å². The number of hydrogen-bond donors (Lipinski definition) is 1. The number of furan rings is 1. The Morgan fingerprint density at radius 3 is 2.64 bits per heavy atom. The Morgan fingerprint density at radius 1 is 1.20 bits per heavy atom. The molecule has 0 aliphatic carbocycles. The molecule has 1 fully saturated rings. The van der Waals surface area contributed by atoms with Gasteiger partial charge >= 0.3 is 0 Å². The fourth-order valence-electron chi connectivity index (χ4n) is 2.86. The predicted molar refractivity (Wildman–Crippen MR) is 93.5 cm³/mol. The zero-order valence-corrected chi connectivity index (χ0v) is 14.4. The molecule has 1 saturated heterocycles. The highest BCUT2D eigenvalue weighted by atomic mass is 16.5. The molecule has 1 aliphatic rings. The Balaban J connectivity index is 1.55. The quantitative estimate of drug-likeness (QED) is 0.834. The number of ether oxygens (including phenoxy) is 2. The van der Waals surface area contributed by atoms with Gasteiger partial charge in [0.1, 0.15) is 17.3 Å². The van der Waals surface area contributed by atoms with Gasteiger partial charge in [-0.15, -0.1) is 0 Å². The van der Waals surface area contributed by atoms with Gasteiger partial charge in [0.15, 0.2) is 6.61 Å². The molecule has 1 aromatic carbocycles. The number of amides is 1. The van der Waals surface area contributed by atoms with E-state index in [0.717, 1.165) is 24.6 Å². The lowest BCUT2D eigenvalue weighted by atomic mass is 10.1. The molecule has 25 heavy (non-hydrogen) atoms. The van der Waals surface area contributed by atoms with Crippen molar-refractivity contribution >= 4 is 5.91 Å². The number of morpholine rings is 1. The van der Waals surface area contributed by atoms with Gasteiger partial charge < -0.3 is 19.2 Å². The van der Waals surface area contributed by atoms with Crippen LogP contribution in [-0.2, 0) is 9.53 Å². The van der Waals surface area contributed by atoms with E-state index in [9.17, 15) is 4.79 Å². The Kier molecular flexibility index (Phi) is 6.09. The Hall–Kier alpha value is -2.31. The molecular weight excluding hydrogens is 320 g/mol. The van der Waals surface area contributed by atoms with E-state index in [-0.39, 0.29) is 18.6 Å². The van der Waals surface area contributed by atoms with E-state index in [2.05, 4.69) is 10.2 Å². The molecule has 134 valence electrons. The molecular formula is C19H24N2O4. The van der Waals surface area contributed by atoms with Crippen LogP contribution >= 0.6 is 0 Å². The maximum atomic E-state index is 12.1. The third-order valence-electron chi connectivity index (χ3n) is 4.18. The molecule has 6 nitrogen and oxygen atoms in total. The van der Waals surface area contributed by atoms with Crippen LogP contribution in [0.3, 0.4) is 0 Å². The lowest BCUT2D eigenvalue weighted by molar-refractivity contribution is -0.123. The Morgan fingerprint density at radius 2 is 1.96 bits per heavy atom. The predicted octanol–water partition coefficient (Wildman–Crippen LogP) is 2.16. The van der Waals surface area contributed by atoms with Crippen LogP contribution < -0.4 is 10.1 Å². The topological polar surface area (TPSA) is 63.9 Å². The number of carbonyl (C=O) groups excluding carboxylic acids is 1. The zero-order valence-electron chi connectivity index (χ0n) is 14.4. The van der Waals surface area contributed by atoms with Crippen LogP contribution in [0.15, 0.2) is 46.9 Å². The minimum absolute atomic E-state index is 0.00160. The summed E-state index contributed by atoms with van der Waals surface area (Å²) in [6, 6.07) is 13.2. The average molecular weight is 344 g/mol. The number of para-hydroxylation sites is 1. The van der Waals surface area contributed by atoms with Gasteiger partial charge in [0, 0.05) is 19.6 Å². The average Bonchev–Trinajstić information content (AvgIpc) is 3.08. The van der Waals surface area contributed by atoms with Gasteiger partial charge in [-0.05, 0) is 31.2 Å². The zero-order chi connectivity index (χ0) is 17.5. The summed E-state index contributed by atoms with van der Waals surface area (Å²) in [6.07, 6.45) is 0. The van der Waals surface area contributed by atoms with Crippen molar-refractivity contribution in [1.82, 2.24) is 10.2 Å². The van der Waals surface area contributed by atoms with Crippen LogP contribution in [0.5, 0.6) is 5.75 Å². The normalized spacial score (nSPS) is 16.4. The van der Waals surface area contributed by atoms with Gasteiger partial charge in [-0.1, -0.05) is 18.2 Å². The summed E-state index contributed by atoms with van der Waals surface area (Å²) in [7, 11) is 0. The molecule has 0 radical (unpaired) electrons. The molecule has 1 N–H and O–H groups in total. The van der Waals surface area contributed by atoms with E-state index in [4.69, 9.17) is 13.9 Å². The van der Waals surface area contributed by atoms with Crippen molar-refractivity contribution in [3.8, 4) is 5.75 Å². The van der Waals surface area contributed by atoms with E-state index < -0.39 is 0 Å². The molecule has 1 amide bonds. The number of nitrogens with one attached hydrogen (secondary N) is 1. The molecule has 0 bridgehead atoms. The highest BCUT2D eigenvalue weighted by Gasteiger charge is 2.25. The van der Waals surface area contributed by atoms with Gasteiger partial charge in [0.25, 0.3) is 5.91 Å². The van der Waals surface area contributed by atoms with Gasteiger partial charge in [0.2, 0.25) is 0 Å². The molecule has 1 atom stereocenters. The standard InChI is InChI=1S/C19H24N2O4/c1-15-7-8-18(25-15)17(21-9-11-23-12-10-21)13-20-19(22)14-24-16-5-3-2-4-6-16/h2-8,17H,9-14H2,1H3,(H,20,22). The van der Waals surface area contributed by atoms with Crippen LogP contribution in [0.1, 0.15) is 17.6 Å². The fourth-order valence-corrected chi connectivity index (χ4v) is 2.86. The number of nitrogens with zero attached hydrogens (tertiary/aromatic N) is 1. The molecule has 2 aromatic rings. The Bertz CT molecular complexity index is 665. The molecule has 1 aliphatic heterocycles. The second-order valence-corrected chi connectivity index (χ2v) is 6.02. The maximum absolute atomic E-state index is 12.1. The van der Waals surface area contributed by atoms with Gasteiger partial charge in [0.05, 0.1) is 19.3 Å². The molecule has 3 rings (SSSR count). The summed E-state index contributed by atoms with van der Waals surface area (Å²) in [4.78, 5) is 14.4. The first-order chi connectivity index (χ1) is 12.2. The van der Waals surface area contributed by atoms with Gasteiger partial charge in [-0.3, -0.25) is 9.69 Å². The van der Waals surface area contributed by atoms with Crippen LogP contribution in [0.2, 0.25) is 0 Å². The third-order valence-corrected chi connectivity index (χ3v) is 4.18. The van der Waals surface area contributed by atoms with Crippen molar-refractivity contribution in [2.24, 2.45) is 0 Å². The van der Waals surface area contributed by atoms with Crippen LogP contribution in [-0.4, -0.2) is 50.3 Å². The summed E-state index contributed by atoms with van der Waals surface area (Å²) in [5.74, 6) is 2.27.